The summed E-state index contributed by atoms with van der Waals surface area (Å²) in [6, 6.07) is 2.09. The Morgan fingerprint density at radius 3 is 1.93 bits per heavy atom. The smallest absolute Gasteiger partial charge is 0.422 e. The van der Waals surface area contributed by atoms with Crippen LogP contribution >= 0.6 is 22.6 Å². The lowest BCUT2D eigenvalue weighted by molar-refractivity contribution is -0.297. The summed E-state index contributed by atoms with van der Waals surface area (Å²) in [6.45, 7) is -2.15. The lowest BCUT2D eigenvalue weighted by Gasteiger charge is -2.28. The largest absolute Gasteiger partial charge is 0.477 e. The molecule has 0 saturated carbocycles. The van der Waals surface area contributed by atoms with E-state index < -0.39 is 59.8 Å². The van der Waals surface area contributed by atoms with Gasteiger partial charge in [-0.05, 0) is 40.8 Å². The third kappa shape index (κ3) is 5.25. The van der Waals surface area contributed by atoms with Crippen LogP contribution in [-0.4, -0.2) is 53.6 Å². The first-order chi connectivity index (χ1) is 13.3. The van der Waals surface area contributed by atoms with E-state index >= 15 is 0 Å². The highest BCUT2D eigenvalue weighted by atomic mass is 127. The summed E-state index contributed by atoms with van der Waals surface area (Å²) < 4.78 is 124. The predicted octanol–water partition coefficient (Wildman–Crippen LogP) is 3.91. The van der Waals surface area contributed by atoms with E-state index in [0.29, 0.717) is 12.1 Å². The van der Waals surface area contributed by atoms with E-state index in [4.69, 9.17) is 5.11 Å². The number of esters is 2. The van der Waals surface area contributed by atoms with E-state index in [2.05, 4.69) is 9.47 Å². The van der Waals surface area contributed by atoms with Gasteiger partial charge < -0.3 is 14.6 Å². The number of halogens is 10. The number of carboxylic acid groups (broad SMARTS) is 1. The molecular formula is C14H6F9IO6. The number of benzene rings is 1. The maximum absolute atomic E-state index is 13.6. The zero-order valence-electron chi connectivity index (χ0n) is 13.7. The topological polar surface area (TPSA) is 89.9 Å². The predicted molar refractivity (Wildman–Crippen MR) is 83.6 cm³/mol. The van der Waals surface area contributed by atoms with Gasteiger partial charge in [0.2, 0.25) is 0 Å². The molecule has 0 unspecified atom stereocenters. The average molecular weight is 568 g/mol. The van der Waals surface area contributed by atoms with Crippen LogP contribution in [-0.2, 0) is 14.3 Å². The Kier molecular flexibility index (Phi) is 7.27. The molecule has 168 valence electrons. The highest BCUT2D eigenvalue weighted by molar-refractivity contribution is 14.1. The number of hydrogen-bond donors (Lipinski definition) is 1. The van der Waals surface area contributed by atoms with Crippen molar-refractivity contribution in [3.05, 3.63) is 27.3 Å². The zero-order valence-corrected chi connectivity index (χ0v) is 15.9. The van der Waals surface area contributed by atoms with Gasteiger partial charge in [-0.2, -0.15) is 39.5 Å². The second-order valence-electron chi connectivity index (χ2n) is 5.25. The number of rotatable bonds is 7. The fourth-order valence-corrected chi connectivity index (χ4v) is 2.09. The first kappa shape index (κ1) is 25.8. The molecule has 0 aliphatic heterocycles. The molecule has 0 amide bonds. The van der Waals surface area contributed by atoms with Gasteiger partial charge in [0.15, 0.2) is 6.61 Å². The number of carboxylic acids is 1. The second kappa shape index (κ2) is 8.46. The van der Waals surface area contributed by atoms with Crippen LogP contribution in [0.4, 0.5) is 39.5 Å². The molecule has 0 atom stereocenters. The van der Waals surface area contributed by atoms with Crippen LogP contribution in [0.2, 0.25) is 0 Å². The second-order valence-corrected chi connectivity index (χ2v) is 6.50. The number of aliphatic carboxylic acids is 1. The average Bonchev–Trinajstić information content (AvgIpc) is 2.59. The Bertz CT molecular complexity index is 853. The molecule has 6 nitrogen and oxygen atoms in total. The van der Waals surface area contributed by atoms with Gasteiger partial charge >= 0.3 is 41.9 Å². The maximum atomic E-state index is 13.6. The van der Waals surface area contributed by atoms with Gasteiger partial charge in [-0.15, -0.1) is 0 Å². The monoisotopic (exact) mass is 568 g/mol. The molecule has 1 N–H and O–H groups in total. The minimum absolute atomic E-state index is 0.0564. The van der Waals surface area contributed by atoms with Crippen LogP contribution in [0.5, 0.6) is 5.75 Å². The lowest BCUT2D eigenvalue weighted by atomic mass is 10.0. The van der Waals surface area contributed by atoms with E-state index in [1.165, 1.54) is 22.6 Å². The minimum Gasteiger partial charge on any atom is -0.477 e. The summed E-state index contributed by atoms with van der Waals surface area (Å²) in [4.78, 5) is 33.3. The molecule has 0 spiro atoms. The van der Waals surface area contributed by atoms with Gasteiger partial charge in [-0.3, -0.25) is 0 Å². The highest BCUT2D eigenvalue weighted by Crippen LogP contribution is 2.46. The van der Waals surface area contributed by atoms with Crippen LogP contribution in [0.15, 0.2) is 18.2 Å². The van der Waals surface area contributed by atoms with E-state index in [0.717, 1.165) is 6.07 Å². The zero-order chi connectivity index (χ0) is 23.7. The van der Waals surface area contributed by atoms with Crippen LogP contribution in [0.3, 0.4) is 0 Å². The molecule has 16 heteroatoms. The Hall–Kier alpha value is -2.27. The fourth-order valence-electron chi connectivity index (χ4n) is 1.60. The number of carbonyl (C=O) groups is 3. The molecule has 0 fully saturated rings. The maximum Gasteiger partial charge on any atom is 0.422 e. The van der Waals surface area contributed by atoms with E-state index in [9.17, 15) is 53.9 Å². The third-order valence-electron chi connectivity index (χ3n) is 3.04. The first-order valence-electron chi connectivity index (χ1n) is 6.97. The molecular weight excluding hydrogens is 562 g/mol. The van der Waals surface area contributed by atoms with Gasteiger partial charge in [0.1, 0.15) is 11.3 Å². The van der Waals surface area contributed by atoms with Crippen molar-refractivity contribution in [3.8, 4) is 5.75 Å². The van der Waals surface area contributed by atoms with Crippen molar-refractivity contribution in [1.82, 2.24) is 0 Å². The molecule has 1 rings (SSSR count). The molecule has 0 heterocycles. The van der Waals surface area contributed by atoms with E-state index in [-0.39, 0.29) is 3.57 Å². The summed E-state index contributed by atoms with van der Waals surface area (Å²) in [6.07, 6.45) is -5.01. The number of hydrogen-bond acceptors (Lipinski definition) is 5. The van der Waals surface area contributed by atoms with Crippen LogP contribution in [0.25, 0.3) is 0 Å². The normalized spacial score (nSPS) is 13.0. The number of ether oxygens (including phenoxy) is 2. The summed E-state index contributed by atoms with van der Waals surface area (Å²) in [7, 11) is 0. The van der Waals surface area contributed by atoms with Crippen molar-refractivity contribution in [2.45, 2.75) is 23.9 Å². The van der Waals surface area contributed by atoms with Gasteiger partial charge in [0, 0.05) is 3.57 Å². The van der Waals surface area contributed by atoms with Gasteiger partial charge in [-0.1, -0.05) is 0 Å². The van der Waals surface area contributed by atoms with Crippen LogP contribution < -0.4 is 4.74 Å². The molecule has 0 radical (unpaired) electrons. The van der Waals surface area contributed by atoms with Gasteiger partial charge in [0.05, 0.1) is 0 Å². The van der Waals surface area contributed by atoms with Gasteiger partial charge in [-0.25, -0.2) is 14.4 Å². The van der Waals surface area contributed by atoms with Crippen molar-refractivity contribution in [2.24, 2.45) is 0 Å². The quantitative estimate of drug-likeness (QED) is 0.233. The van der Waals surface area contributed by atoms with E-state index in [1.807, 2.05) is 0 Å². The van der Waals surface area contributed by atoms with Crippen LogP contribution in [0, 0.1) is 3.57 Å². The van der Waals surface area contributed by atoms with Crippen molar-refractivity contribution in [1.29, 1.82) is 0 Å². The molecule has 1 aromatic rings. The Balaban J connectivity index is 3.25. The first-order valence-corrected chi connectivity index (χ1v) is 8.05. The van der Waals surface area contributed by atoms with Crippen molar-refractivity contribution in [2.75, 3.05) is 6.61 Å². The standard InChI is InChI=1S/C14H6F9IO6/c15-11(16,17)4-29-8(25)6-3-5(24)1-2-7(6)30-10(28)13(20,21)14(22,23)12(18,19)9(26)27/h1-3H,4H2,(H,26,27). The van der Waals surface area contributed by atoms with Crippen molar-refractivity contribution in [3.63, 3.8) is 0 Å². The van der Waals surface area contributed by atoms with Crippen LogP contribution in [0.1, 0.15) is 10.4 Å². The summed E-state index contributed by atoms with van der Waals surface area (Å²) in [5.74, 6) is -29.9. The Labute approximate surface area is 173 Å². The molecule has 0 saturated heterocycles. The number of carbonyl (C=O) groups excluding carboxylic acids is 2. The molecule has 30 heavy (non-hydrogen) atoms. The Morgan fingerprint density at radius 2 is 1.47 bits per heavy atom. The molecule has 0 bridgehead atoms. The lowest BCUT2D eigenvalue weighted by Crippen LogP contribution is -2.61. The molecule has 0 aliphatic rings. The summed E-state index contributed by atoms with van der Waals surface area (Å²) in [5, 5.41) is 8.01. The minimum atomic E-state index is -6.77. The summed E-state index contributed by atoms with van der Waals surface area (Å²) in [5.41, 5.74) is -1.11. The molecule has 0 aromatic heterocycles. The fraction of sp³-hybridized carbons (Fsp3) is 0.357. The SMILES string of the molecule is O=C(OCC(F)(F)F)c1cc(I)ccc1OC(=O)C(F)(F)C(F)(F)C(F)(F)C(=O)O. The van der Waals surface area contributed by atoms with Gasteiger partial charge in [0.25, 0.3) is 0 Å². The molecule has 0 aliphatic carbocycles. The Morgan fingerprint density at radius 1 is 0.933 bits per heavy atom. The third-order valence-corrected chi connectivity index (χ3v) is 3.72. The van der Waals surface area contributed by atoms with Crippen molar-refractivity contribution < 1.29 is 68.5 Å². The summed E-state index contributed by atoms with van der Waals surface area (Å²) >= 11 is 1.48. The van der Waals surface area contributed by atoms with E-state index in [1.54, 1.807) is 0 Å². The van der Waals surface area contributed by atoms with Crippen molar-refractivity contribution >= 4 is 40.5 Å². The highest BCUT2D eigenvalue weighted by Gasteiger charge is 2.79. The number of alkyl halides is 9. The molecule has 1 aromatic carbocycles.